The lowest BCUT2D eigenvalue weighted by molar-refractivity contribution is 1.06. The van der Waals surface area contributed by atoms with Gasteiger partial charge in [-0.25, -0.2) is 0 Å². The third kappa shape index (κ3) is 7.83. The summed E-state index contributed by atoms with van der Waals surface area (Å²) in [6, 6.07) is 0. The van der Waals surface area contributed by atoms with Crippen LogP contribution in [0.3, 0.4) is 0 Å². The van der Waals surface area contributed by atoms with E-state index < -0.39 is 0 Å². The predicted octanol–water partition coefficient (Wildman–Crippen LogP) is 0.706. The molecule has 47 valence electrons. The van der Waals surface area contributed by atoms with Crippen LogP contribution in [0.25, 0.3) is 0 Å². The van der Waals surface area contributed by atoms with E-state index in [-0.39, 0.29) is 0 Å². The molecule has 0 fully saturated rings. The summed E-state index contributed by atoms with van der Waals surface area (Å²) in [5.41, 5.74) is 0. The van der Waals surface area contributed by atoms with Gasteiger partial charge in [0.1, 0.15) is 7.28 Å². The zero-order valence-corrected chi connectivity index (χ0v) is 6.09. The molecule has 0 aliphatic carbocycles. The minimum absolute atomic E-state index is 0.624. The average Bonchev–Trinajstić information content (AvgIpc) is 1.80. The highest BCUT2D eigenvalue weighted by Gasteiger charge is 1.88. The van der Waals surface area contributed by atoms with Gasteiger partial charge in [0.25, 0.3) is 0 Å². The molecule has 3 heteroatoms. The second-order valence-electron chi connectivity index (χ2n) is 2.27. The van der Waals surface area contributed by atoms with E-state index in [9.17, 15) is 0 Å². The Bertz CT molecular complexity index is 81.1. The Labute approximate surface area is 59.6 Å². The number of hydrogen-bond donors (Lipinski definition) is 1. The molecule has 1 nitrogen and oxygen atoms in total. The van der Waals surface area contributed by atoms with Crippen molar-refractivity contribution in [1.82, 2.24) is 5.23 Å². The van der Waals surface area contributed by atoms with E-state index in [2.05, 4.69) is 26.4 Å². The van der Waals surface area contributed by atoms with Crippen LogP contribution in [0, 0.1) is 0 Å². The molecule has 0 aliphatic rings. The van der Waals surface area contributed by atoms with Crippen molar-refractivity contribution in [1.29, 1.82) is 0 Å². The molecule has 9 heavy (non-hydrogen) atoms. The maximum Gasteiger partial charge on any atom is 0.178 e. The summed E-state index contributed by atoms with van der Waals surface area (Å²) in [5.74, 6) is 2.64. The average molecular weight is 120 g/mol. The van der Waals surface area contributed by atoms with Crippen molar-refractivity contribution in [2.75, 3.05) is 6.54 Å². The summed E-state index contributed by atoms with van der Waals surface area (Å²) in [7, 11) is 7.15. The van der Waals surface area contributed by atoms with Crippen molar-refractivity contribution in [3.8, 4) is 0 Å². The molecule has 1 N–H and O–H groups in total. The monoisotopic (exact) mass is 120 g/mol. The van der Waals surface area contributed by atoms with E-state index in [4.69, 9.17) is 7.98 Å². The van der Waals surface area contributed by atoms with Crippen LogP contribution in [0.5, 0.6) is 0 Å². The number of nitrogens with one attached hydrogen (secondary N) is 1. The largest absolute Gasteiger partial charge is 0.363 e. The second kappa shape index (κ2) is 5.96. The van der Waals surface area contributed by atoms with Crippen molar-refractivity contribution in [3.63, 3.8) is 0 Å². The lowest BCUT2D eigenvalue weighted by Gasteiger charge is -1.93. The molecule has 0 heterocycles. The van der Waals surface area contributed by atoms with Gasteiger partial charge in [-0.2, -0.15) is 0 Å². The SMILES string of the molecule is [B]NC/C=C/[B]C(C)C. The number of hydrogen-bond acceptors (Lipinski definition) is 1. The van der Waals surface area contributed by atoms with Crippen molar-refractivity contribution < 1.29 is 0 Å². The Morgan fingerprint density at radius 3 is 2.78 bits per heavy atom. The Morgan fingerprint density at radius 2 is 2.33 bits per heavy atom. The molecule has 0 rings (SSSR count). The van der Waals surface area contributed by atoms with Gasteiger partial charge < -0.3 is 5.23 Å². The summed E-state index contributed by atoms with van der Waals surface area (Å²) in [6.45, 7) is 5.02. The number of rotatable bonds is 4. The summed E-state index contributed by atoms with van der Waals surface area (Å²) in [4.78, 5) is 0. The lowest BCUT2D eigenvalue weighted by Crippen LogP contribution is -2.07. The summed E-state index contributed by atoms with van der Waals surface area (Å²) >= 11 is 0. The fraction of sp³-hybridized carbons (Fsp3) is 0.667. The van der Waals surface area contributed by atoms with Gasteiger partial charge in [0.2, 0.25) is 0 Å². The van der Waals surface area contributed by atoms with E-state index in [1.54, 1.807) is 0 Å². The molecule has 0 atom stereocenters. The van der Waals surface area contributed by atoms with Crippen molar-refractivity contribution in [2.45, 2.75) is 19.7 Å². The first kappa shape index (κ1) is 8.83. The molecule has 0 aromatic carbocycles. The Balaban J connectivity index is 3.04. The molecule has 0 aromatic heterocycles. The molecule has 0 amide bonds. The van der Waals surface area contributed by atoms with E-state index >= 15 is 0 Å². The summed E-state index contributed by atoms with van der Waals surface area (Å²) in [6.07, 6.45) is 1.99. The van der Waals surface area contributed by atoms with Crippen molar-refractivity contribution in [2.24, 2.45) is 0 Å². The normalized spacial score (nSPS) is 11.0. The van der Waals surface area contributed by atoms with E-state index in [1.807, 2.05) is 12.1 Å². The van der Waals surface area contributed by atoms with Crippen LogP contribution in [0.4, 0.5) is 0 Å². The molecule has 0 unspecified atom stereocenters. The van der Waals surface area contributed by atoms with Crippen LogP contribution in [0.1, 0.15) is 13.8 Å². The van der Waals surface area contributed by atoms with Crippen molar-refractivity contribution in [3.05, 3.63) is 12.1 Å². The molecule has 0 spiro atoms. The second-order valence-corrected chi connectivity index (χ2v) is 2.27. The first-order valence-electron chi connectivity index (χ1n) is 3.21. The van der Waals surface area contributed by atoms with Crippen LogP contribution in [-0.4, -0.2) is 21.8 Å². The fourth-order valence-electron chi connectivity index (χ4n) is 0.437. The summed E-state index contributed by atoms with van der Waals surface area (Å²) in [5, 5.41) is 2.53. The maximum atomic E-state index is 5.03. The maximum absolute atomic E-state index is 5.03. The van der Waals surface area contributed by atoms with E-state index in [1.165, 1.54) is 0 Å². The van der Waals surface area contributed by atoms with Gasteiger partial charge in [0, 0.05) is 6.54 Å². The first-order chi connectivity index (χ1) is 4.27. The van der Waals surface area contributed by atoms with Crippen molar-refractivity contribution >= 4 is 15.3 Å². The summed E-state index contributed by atoms with van der Waals surface area (Å²) < 4.78 is 0. The van der Waals surface area contributed by atoms with Crippen LogP contribution >= 0.6 is 0 Å². The van der Waals surface area contributed by atoms with Crippen LogP contribution < -0.4 is 5.23 Å². The van der Waals surface area contributed by atoms with Gasteiger partial charge in [-0.3, -0.25) is 0 Å². The zero-order valence-electron chi connectivity index (χ0n) is 6.09. The van der Waals surface area contributed by atoms with Crippen LogP contribution in [0.15, 0.2) is 12.1 Å². The van der Waals surface area contributed by atoms with Gasteiger partial charge in [0.15, 0.2) is 7.98 Å². The molecular formula is C6H12B2N. The van der Waals surface area contributed by atoms with Crippen LogP contribution in [-0.2, 0) is 0 Å². The Kier molecular flexibility index (Phi) is 5.84. The van der Waals surface area contributed by atoms with Gasteiger partial charge in [-0.05, 0) is 0 Å². The first-order valence-corrected chi connectivity index (χ1v) is 3.21. The van der Waals surface area contributed by atoms with Crippen LogP contribution in [0.2, 0.25) is 5.82 Å². The highest BCUT2D eigenvalue weighted by atomic mass is 14.7. The fourth-order valence-corrected chi connectivity index (χ4v) is 0.437. The topological polar surface area (TPSA) is 12.0 Å². The zero-order chi connectivity index (χ0) is 7.11. The Hall–Kier alpha value is -0.170. The Morgan fingerprint density at radius 1 is 1.67 bits per heavy atom. The minimum atomic E-state index is 0.624. The molecule has 0 saturated heterocycles. The smallest absolute Gasteiger partial charge is 0.178 e. The molecule has 3 radical (unpaired) electrons. The van der Waals surface area contributed by atoms with E-state index in [0.29, 0.717) is 5.82 Å². The van der Waals surface area contributed by atoms with Gasteiger partial charge in [-0.15, -0.1) is 5.98 Å². The lowest BCUT2D eigenvalue weighted by atomic mass is 9.66. The van der Waals surface area contributed by atoms with Gasteiger partial charge >= 0.3 is 0 Å². The third-order valence-corrected chi connectivity index (χ3v) is 0.868. The molecular weight excluding hydrogens is 108 g/mol. The highest BCUT2D eigenvalue weighted by Crippen LogP contribution is 1.95. The van der Waals surface area contributed by atoms with Gasteiger partial charge in [0.05, 0.1) is 0 Å². The highest BCUT2D eigenvalue weighted by molar-refractivity contribution is 6.43. The predicted molar refractivity (Wildman–Crippen MR) is 43.7 cm³/mol. The molecule has 0 bridgehead atoms. The molecule has 0 aliphatic heterocycles. The minimum Gasteiger partial charge on any atom is -0.363 e. The standard InChI is InChI=1S/C6H12B2N/c1-6(2)8-4-3-5-9-7/h3-4,6,9H,5H2,1-2H3/b4-3+. The quantitative estimate of drug-likeness (QED) is 0.538. The molecule has 0 aromatic rings. The third-order valence-electron chi connectivity index (χ3n) is 0.868. The molecule has 0 saturated carbocycles. The van der Waals surface area contributed by atoms with Gasteiger partial charge in [-0.1, -0.05) is 25.7 Å². The van der Waals surface area contributed by atoms with E-state index in [0.717, 1.165) is 6.54 Å².